The van der Waals surface area contributed by atoms with Crippen molar-refractivity contribution in [3.05, 3.63) is 32.7 Å². The second-order valence-electron chi connectivity index (χ2n) is 4.92. The van der Waals surface area contributed by atoms with Gasteiger partial charge in [0.1, 0.15) is 0 Å². The molecule has 1 aliphatic rings. The lowest BCUT2D eigenvalue weighted by Gasteiger charge is -2.16. The van der Waals surface area contributed by atoms with E-state index in [1.165, 1.54) is 12.8 Å². The molecule has 4 heteroatoms. The Morgan fingerprint density at radius 3 is 2.44 bits per heavy atom. The lowest BCUT2D eigenvalue weighted by Crippen LogP contribution is -2.34. The molecule has 0 spiro atoms. The molecule has 0 radical (unpaired) electrons. The van der Waals surface area contributed by atoms with Crippen LogP contribution in [0.5, 0.6) is 0 Å². The summed E-state index contributed by atoms with van der Waals surface area (Å²) >= 11 is 6.81. The average Bonchev–Trinajstić information content (AvgIpc) is 3.10. The van der Waals surface area contributed by atoms with Crippen molar-refractivity contribution in [2.24, 2.45) is 5.92 Å². The number of amides is 1. The summed E-state index contributed by atoms with van der Waals surface area (Å²) < 4.78 is 1.83. The smallest absolute Gasteiger partial charge is 0.251 e. The minimum Gasteiger partial charge on any atom is -0.349 e. The molecular weight excluding hydrogens is 358 g/mol. The van der Waals surface area contributed by atoms with Crippen molar-refractivity contribution in [3.63, 3.8) is 0 Å². The van der Waals surface area contributed by atoms with Crippen LogP contribution in [0.4, 0.5) is 0 Å². The van der Waals surface area contributed by atoms with Gasteiger partial charge in [0.2, 0.25) is 0 Å². The summed E-state index contributed by atoms with van der Waals surface area (Å²) in [6, 6.07) is 5.94. The van der Waals surface area contributed by atoms with Crippen LogP contribution in [0, 0.1) is 5.92 Å². The molecule has 18 heavy (non-hydrogen) atoms. The molecule has 0 heterocycles. The number of hydrogen-bond donors (Lipinski definition) is 1. The Morgan fingerprint density at radius 1 is 1.33 bits per heavy atom. The van der Waals surface area contributed by atoms with E-state index in [-0.39, 0.29) is 5.91 Å². The molecule has 1 aromatic rings. The Kier molecular flexibility index (Phi) is 4.84. The minimum absolute atomic E-state index is 0.0181. The van der Waals surface area contributed by atoms with E-state index in [2.05, 4.69) is 44.1 Å². The van der Waals surface area contributed by atoms with Gasteiger partial charge in [-0.05, 0) is 37.0 Å². The van der Waals surface area contributed by atoms with Crippen LogP contribution >= 0.6 is 31.9 Å². The van der Waals surface area contributed by atoms with Crippen LogP contribution in [0.2, 0.25) is 0 Å². The normalized spacial score (nSPS) is 16.4. The van der Waals surface area contributed by atoms with Crippen molar-refractivity contribution in [1.82, 2.24) is 5.32 Å². The first-order chi connectivity index (χ1) is 8.58. The van der Waals surface area contributed by atoms with Gasteiger partial charge < -0.3 is 5.32 Å². The van der Waals surface area contributed by atoms with Crippen LogP contribution in [0.25, 0.3) is 0 Å². The maximum absolute atomic E-state index is 12.2. The highest BCUT2D eigenvalue weighted by Gasteiger charge is 2.25. The molecule has 2 rings (SSSR count). The molecule has 1 saturated carbocycles. The molecule has 0 aliphatic heterocycles. The Morgan fingerprint density at radius 2 is 1.94 bits per heavy atom. The van der Waals surface area contributed by atoms with Crippen LogP contribution in [0.3, 0.4) is 0 Å². The van der Waals surface area contributed by atoms with E-state index in [0.717, 1.165) is 27.7 Å². The van der Waals surface area contributed by atoms with E-state index in [4.69, 9.17) is 0 Å². The van der Waals surface area contributed by atoms with Gasteiger partial charge >= 0.3 is 0 Å². The fourth-order valence-corrected chi connectivity index (χ4v) is 3.33. The minimum atomic E-state index is 0.0181. The summed E-state index contributed by atoms with van der Waals surface area (Å²) in [5, 5.41) is 3.13. The number of nitrogens with one attached hydrogen (secondary N) is 1. The van der Waals surface area contributed by atoms with E-state index in [9.17, 15) is 4.79 Å². The van der Waals surface area contributed by atoms with Gasteiger partial charge in [-0.1, -0.05) is 51.6 Å². The molecule has 1 atom stereocenters. The first-order valence-electron chi connectivity index (χ1n) is 6.35. The molecule has 1 N–H and O–H groups in total. The van der Waals surface area contributed by atoms with Gasteiger partial charge in [-0.15, -0.1) is 0 Å². The van der Waals surface area contributed by atoms with Crippen molar-refractivity contribution >= 4 is 37.8 Å². The molecule has 1 unspecified atom stereocenters. The van der Waals surface area contributed by atoms with Crippen molar-refractivity contribution in [1.29, 1.82) is 0 Å². The Bertz CT molecular complexity index is 423. The van der Waals surface area contributed by atoms with Gasteiger partial charge in [-0.25, -0.2) is 0 Å². The lowest BCUT2D eigenvalue weighted by atomic mass is 10.1. The predicted octanol–water partition coefficient (Wildman–Crippen LogP) is 4.52. The first-order valence-corrected chi connectivity index (χ1v) is 7.94. The zero-order valence-electron chi connectivity index (χ0n) is 10.4. The molecular formula is C14H17Br2NO. The fourth-order valence-electron chi connectivity index (χ4n) is 2.04. The summed E-state index contributed by atoms with van der Waals surface area (Å²) in [5.74, 6) is 0.856. The molecule has 1 aromatic carbocycles. The van der Waals surface area contributed by atoms with Gasteiger partial charge in [0.25, 0.3) is 5.91 Å². The Labute approximate surface area is 125 Å². The van der Waals surface area contributed by atoms with Crippen LogP contribution < -0.4 is 5.32 Å². The van der Waals surface area contributed by atoms with E-state index >= 15 is 0 Å². The standard InChI is InChI=1S/C14H17Br2NO/c1-2-13(5-9-3-4-9)17-14(18)10-6-11(15)8-12(16)7-10/h6-9,13H,2-5H2,1H3,(H,17,18). The zero-order valence-corrected chi connectivity index (χ0v) is 13.6. The molecule has 1 aliphatic carbocycles. The Hall–Kier alpha value is -0.350. The van der Waals surface area contributed by atoms with Gasteiger partial charge in [0.05, 0.1) is 0 Å². The van der Waals surface area contributed by atoms with Crippen molar-refractivity contribution < 1.29 is 4.79 Å². The molecule has 1 fully saturated rings. The van der Waals surface area contributed by atoms with Crippen molar-refractivity contribution in [2.45, 2.75) is 38.6 Å². The lowest BCUT2D eigenvalue weighted by molar-refractivity contribution is 0.0932. The molecule has 0 bridgehead atoms. The highest BCUT2D eigenvalue weighted by molar-refractivity contribution is 9.11. The maximum Gasteiger partial charge on any atom is 0.251 e. The molecule has 2 nitrogen and oxygen atoms in total. The number of carbonyl (C=O) groups is 1. The summed E-state index contributed by atoms with van der Waals surface area (Å²) in [7, 11) is 0. The number of rotatable bonds is 5. The zero-order chi connectivity index (χ0) is 13.1. The summed E-state index contributed by atoms with van der Waals surface area (Å²) in [4.78, 5) is 12.2. The van der Waals surface area contributed by atoms with Crippen molar-refractivity contribution in [3.8, 4) is 0 Å². The molecule has 0 saturated heterocycles. The second kappa shape index (κ2) is 6.20. The summed E-state index contributed by atoms with van der Waals surface area (Å²) in [6.07, 6.45) is 4.78. The van der Waals surface area contributed by atoms with Crippen LogP contribution in [-0.2, 0) is 0 Å². The van der Waals surface area contributed by atoms with Gasteiger partial charge in [0, 0.05) is 20.6 Å². The molecule has 1 amide bonds. The van der Waals surface area contributed by atoms with E-state index in [0.29, 0.717) is 11.6 Å². The van der Waals surface area contributed by atoms with E-state index < -0.39 is 0 Å². The van der Waals surface area contributed by atoms with Crippen molar-refractivity contribution in [2.75, 3.05) is 0 Å². The van der Waals surface area contributed by atoms with Gasteiger partial charge in [0.15, 0.2) is 0 Å². The number of halogens is 2. The third kappa shape index (κ3) is 4.09. The SMILES string of the molecule is CCC(CC1CC1)NC(=O)c1cc(Br)cc(Br)c1. The second-order valence-corrected chi connectivity index (χ2v) is 6.75. The first kappa shape index (κ1) is 14.1. The molecule has 98 valence electrons. The third-order valence-electron chi connectivity index (χ3n) is 3.27. The fraction of sp³-hybridized carbons (Fsp3) is 0.500. The highest BCUT2D eigenvalue weighted by atomic mass is 79.9. The number of hydrogen-bond acceptors (Lipinski definition) is 1. The molecule has 0 aromatic heterocycles. The van der Waals surface area contributed by atoms with E-state index in [1.54, 1.807) is 0 Å². The summed E-state index contributed by atoms with van der Waals surface area (Å²) in [5.41, 5.74) is 0.700. The monoisotopic (exact) mass is 373 g/mol. The van der Waals surface area contributed by atoms with Crippen LogP contribution in [0.15, 0.2) is 27.1 Å². The van der Waals surface area contributed by atoms with Crippen LogP contribution in [-0.4, -0.2) is 11.9 Å². The highest BCUT2D eigenvalue weighted by Crippen LogP contribution is 2.34. The third-order valence-corrected chi connectivity index (χ3v) is 4.18. The van der Waals surface area contributed by atoms with E-state index in [1.807, 2.05) is 18.2 Å². The largest absolute Gasteiger partial charge is 0.349 e. The number of carbonyl (C=O) groups excluding carboxylic acids is 1. The topological polar surface area (TPSA) is 29.1 Å². The maximum atomic E-state index is 12.2. The predicted molar refractivity (Wildman–Crippen MR) is 80.7 cm³/mol. The van der Waals surface area contributed by atoms with Gasteiger partial charge in [-0.2, -0.15) is 0 Å². The van der Waals surface area contributed by atoms with Gasteiger partial charge in [-0.3, -0.25) is 4.79 Å². The quantitative estimate of drug-likeness (QED) is 0.806. The Balaban J connectivity index is 2.00. The average molecular weight is 375 g/mol. The van der Waals surface area contributed by atoms with Crippen LogP contribution in [0.1, 0.15) is 43.0 Å². The number of benzene rings is 1. The summed E-state index contributed by atoms with van der Waals surface area (Å²) in [6.45, 7) is 2.13.